The molecule has 1 aliphatic carbocycles. The van der Waals surface area contributed by atoms with E-state index < -0.39 is 11.5 Å². The van der Waals surface area contributed by atoms with E-state index in [2.05, 4.69) is 0 Å². The minimum absolute atomic E-state index is 0.174. The first-order valence-corrected chi connectivity index (χ1v) is 7.76. The number of hydrogen-bond acceptors (Lipinski definition) is 4. The molecule has 0 bridgehead atoms. The summed E-state index contributed by atoms with van der Waals surface area (Å²) in [6, 6.07) is 0. The molecule has 1 fully saturated rings. The Bertz CT molecular complexity index is 437. The first-order valence-electron chi connectivity index (χ1n) is 7.76. The third-order valence-corrected chi connectivity index (χ3v) is 4.39. The normalized spacial score (nSPS) is 30.8. The maximum atomic E-state index is 12.8. The molecular formula is C15H23BN2O4. The number of ether oxygens (including phenoxy) is 2. The lowest BCUT2D eigenvalue weighted by molar-refractivity contribution is -0.146. The van der Waals surface area contributed by atoms with Crippen LogP contribution in [0.4, 0.5) is 4.79 Å². The third kappa shape index (κ3) is 4.26. The van der Waals surface area contributed by atoms with Crippen molar-refractivity contribution >= 4 is 20.0 Å². The summed E-state index contributed by atoms with van der Waals surface area (Å²) in [5.74, 6) is 0.174. The number of nitrogens with zero attached hydrogens (tertiary/aromatic N) is 1. The van der Waals surface area contributed by atoms with Crippen molar-refractivity contribution in [3.05, 3.63) is 12.2 Å². The Balaban J connectivity index is 1.99. The van der Waals surface area contributed by atoms with Gasteiger partial charge in [0, 0.05) is 18.5 Å². The number of carbonyl (C=O) groups excluding carboxylic acids is 2. The van der Waals surface area contributed by atoms with Gasteiger partial charge in [0.2, 0.25) is 13.9 Å². The van der Waals surface area contributed by atoms with Gasteiger partial charge in [0.15, 0.2) is 0 Å². The lowest BCUT2D eigenvalue weighted by Crippen LogP contribution is -2.48. The van der Waals surface area contributed by atoms with Crippen LogP contribution in [0.1, 0.15) is 32.6 Å². The van der Waals surface area contributed by atoms with Crippen LogP contribution in [0.25, 0.3) is 0 Å². The van der Waals surface area contributed by atoms with Gasteiger partial charge in [0.05, 0.1) is 13.2 Å². The van der Waals surface area contributed by atoms with Crippen molar-refractivity contribution in [3.63, 3.8) is 0 Å². The molecule has 1 saturated heterocycles. The number of amides is 2. The number of hydrogen-bond donors (Lipinski definition) is 1. The quantitative estimate of drug-likeness (QED) is 0.614. The Morgan fingerprint density at radius 2 is 2.09 bits per heavy atom. The van der Waals surface area contributed by atoms with Crippen LogP contribution in [0.3, 0.4) is 0 Å². The highest BCUT2D eigenvalue weighted by atomic mass is 16.6. The number of carbonyl (C=O) groups is 2. The fourth-order valence-electron chi connectivity index (χ4n) is 2.96. The van der Waals surface area contributed by atoms with Gasteiger partial charge in [-0.15, -0.1) is 0 Å². The Kier molecular flexibility index (Phi) is 5.88. The smallest absolute Gasteiger partial charge is 0.394 e. The van der Waals surface area contributed by atoms with E-state index in [0.717, 1.165) is 12.8 Å². The molecule has 22 heavy (non-hydrogen) atoms. The average Bonchev–Trinajstić information content (AvgIpc) is 2.54. The van der Waals surface area contributed by atoms with E-state index in [4.69, 9.17) is 17.5 Å². The molecule has 0 aromatic heterocycles. The standard InChI is InChI=1S/C15H23BN2O4/c1-15(13(19)18-8-10-21-11-9-18)6-3-2-4-12(5-7-15)22-14(20)17-16/h2,4,12H,3,5-11H2,1H3,(H,17,20)/b4-2+/t12-,15+/m1/s1. The molecule has 1 N–H and O–H groups in total. The summed E-state index contributed by atoms with van der Waals surface area (Å²) in [4.78, 5) is 26.0. The molecule has 0 spiro atoms. The highest BCUT2D eigenvalue weighted by molar-refractivity contribution is 6.12. The Morgan fingerprint density at radius 3 is 2.77 bits per heavy atom. The van der Waals surface area contributed by atoms with Gasteiger partial charge in [-0.1, -0.05) is 13.0 Å². The van der Waals surface area contributed by atoms with E-state index in [1.165, 1.54) is 0 Å². The van der Waals surface area contributed by atoms with E-state index in [9.17, 15) is 9.59 Å². The van der Waals surface area contributed by atoms with E-state index in [1.54, 1.807) is 0 Å². The molecule has 0 aromatic carbocycles. The van der Waals surface area contributed by atoms with E-state index >= 15 is 0 Å². The zero-order chi connectivity index (χ0) is 16.0. The minimum atomic E-state index is -0.656. The minimum Gasteiger partial charge on any atom is -0.443 e. The molecule has 2 rings (SSSR count). The van der Waals surface area contributed by atoms with Crippen molar-refractivity contribution in [2.45, 2.75) is 38.7 Å². The average molecular weight is 306 g/mol. The van der Waals surface area contributed by atoms with Crippen LogP contribution in [-0.4, -0.2) is 57.3 Å². The lowest BCUT2D eigenvalue weighted by atomic mass is 9.77. The van der Waals surface area contributed by atoms with Gasteiger partial charge in [0.25, 0.3) is 0 Å². The van der Waals surface area contributed by atoms with Crippen molar-refractivity contribution in [3.8, 4) is 0 Å². The molecule has 6 nitrogen and oxygen atoms in total. The molecule has 2 atom stereocenters. The van der Waals surface area contributed by atoms with Crippen molar-refractivity contribution < 1.29 is 19.1 Å². The second-order valence-electron chi connectivity index (χ2n) is 6.06. The molecular weight excluding hydrogens is 283 g/mol. The zero-order valence-electron chi connectivity index (χ0n) is 13.0. The van der Waals surface area contributed by atoms with Crippen LogP contribution in [0.15, 0.2) is 12.2 Å². The van der Waals surface area contributed by atoms with Gasteiger partial charge < -0.3 is 19.6 Å². The maximum absolute atomic E-state index is 12.8. The predicted octanol–water partition coefficient (Wildman–Crippen LogP) is 1.16. The summed E-state index contributed by atoms with van der Waals surface area (Å²) in [6.07, 6.45) is 5.71. The largest absolute Gasteiger partial charge is 0.443 e. The van der Waals surface area contributed by atoms with Crippen molar-refractivity contribution in [1.82, 2.24) is 10.1 Å². The second kappa shape index (κ2) is 7.67. The van der Waals surface area contributed by atoms with Crippen LogP contribution in [0, 0.1) is 5.41 Å². The van der Waals surface area contributed by atoms with Gasteiger partial charge in [-0.3, -0.25) is 4.79 Å². The zero-order valence-corrected chi connectivity index (χ0v) is 13.0. The molecule has 0 unspecified atom stereocenters. The van der Waals surface area contributed by atoms with Gasteiger partial charge in [0.1, 0.15) is 6.10 Å². The molecule has 1 aliphatic heterocycles. The number of allylic oxidation sites excluding steroid dienone is 1. The first-order chi connectivity index (χ1) is 10.5. The van der Waals surface area contributed by atoms with Crippen molar-refractivity contribution in [1.29, 1.82) is 0 Å². The summed E-state index contributed by atoms with van der Waals surface area (Å²) < 4.78 is 10.5. The van der Waals surface area contributed by atoms with Gasteiger partial charge in [-0.05, 0) is 31.8 Å². The SMILES string of the molecule is [B]NC(=O)O[C@@H]1/C=C/CC[C@](C)(C(=O)N2CCOCC2)CC1. The Hall–Kier alpha value is -1.50. The molecule has 0 saturated carbocycles. The summed E-state index contributed by atoms with van der Waals surface area (Å²) in [5.41, 5.74) is -0.428. The first kappa shape index (κ1) is 16.9. The molecule has 2 amide bonds. The predicted molar refractivity (Wildman–Crippen MR) is 82.3 cm³/mol. The highest BCUT2D eigenvalue weighted by Crippen LogP contribution is 2.34. The fourth-order valence-corrected chi connectivity index (χ4v) is 2.96. The monoisotopic (exact) mass is 306 g/mol. The van der Waals surface area contributed by atoms with Crippen LogP contribution >= 0.6 is 0 Å². The van der Waals surface area contributed by atoms with Gasteiger partial charge in [-0.2, -0.15) is 0 Å². The van der Waals surface area contributed by atoms with Crippen LogP contribution in [0.2, 0.25) is 0 Å². The lowest BCUT2D eigenvalue weighted by Gasteiger charge is -2.37. The summed E-state index contributed by atoms with van der Waals surface area (Å²) in [7, 11) is 5.04. The van der Waals surface area contributed by atoms with E-state index in [1.807, 2.05) is 29.2 Å². The van der Waals surface area contributed by atoms with Crippen molar-refractivity contribution in [2.75, 3.05) is 26.3 Å². The summed E-state index contributed by atoms with van der Waals surface area (Å²) in [5, 5.41) is 1.96. The molecule has 2 aliphatic rings. The maximum Gasteiger partial charge on any atom is 0.394 e. The molecule has 120 valence electrons. The van der Waals surface area contributed by atoms with Gasteiger partial charge >= 0.3 is 6.09 Å². The van der Waals surface area contributed by atoms with E-state index in [-0.39, 0.29) is 12.0 Å². The summed E-state index contributed by atoms with van der Waals surface area (Å²) in [6.45, 7) is 4.51. The van der Waals surface area contributed by atoms with Crippen LogP contribution in [0.5, 0.6) is 0 Å². The second-order valence-corrected chi connectivity index (χ2v) is 6.06. The number of rotatable bonds is 2. The fraction of sp³-hybridized carbons (Fsp3) is 0.733. The van der Waals surface area contributed by atoms with Crippen molar-refractivity contribution in [2.24, 2.45) is 5.41 Å². The molecule has 0 aromatic rings. The highest BCUT2D eigenvalue weighted by Gasteiger charge is 2.37. The molecule has 2 radical (unpaired) electrons. The Labute approximate surface area is 132 Å². The number of nitrogens with one attached hydrogen (secondary N) is 1. The van der Waals surface area contributed by atoms with Crippen LogP contribution < -0.4 is 5.23 Å². The summed E-state index contributed by atoms with van der Waals surface area (Å²) >= 11 is 0. The van der Waals surface area contributed by atoms with E-state index in [0.29, 0.717) is 39.1 Å². The molecule has 7 heteroatoms. The number of morpholine rings is 1. The third-order valence-electron chi connectivity index (χ3n) is 4.39. The van der Waals surface area contributed by atoms with Crippen LogP contribution in [-0.2, 0) is 14.3 Å². The topological polar surface area (TPSA) is 67.9 Å². The van der Waals surface area contributed by atoms with Gasteiger partial charge in [-0.25, -0.2) is 4.79 Å². The Morgan fingerprint density at radius 1 is 1.36 bits per heavy atom. The molecule has 1 heterocycles.